The number of fused-ring (bicyclic) bond motifs is 1. The largest absolute Gasteiger partial charge is 0.393 e. The minimum Gasteiger partial charge on any atom is -0.393 e. The van der Waals surface area contributed by atoms with Crippen molar-refractivity contribution < 1.29 is 14.7 Å². The topological polar surface area (TPSA) is 98.3 Å². The van der Waals surface area contributed by atoms with E-state index in [2.05, 4.69) is 15.5 Å². The second kappa shape index (κ2) is 7.07. The molecule has 0 radical (unpaired) electrons. The first-order chi connectivity index (χ1) is 12.6. The van der Waals surface area contributed by atoms with E-state index in [0.717, 1.165) is 36.0 Å². The van der Waals surface area contributed by atoms with Crippen LogP contribution in [0, 0.1) is 5.92 Å². The molecule has 1 unspecified atom stereocenters. The second-order valence-electron chi connectivity index (χ2n) is 7.35. The van der Waals surface area contributed by atoms with E-state index in [1.54, 1.807) is 0 Å². The van der Waals surface area contributed by atoms with Crippen LogP contribution in [0.5, 0.6) is 0 Å². The van der Waals surface area contributed by atoms with Crippen LogP contribution in [-0.4, -0.2) is 57.3 Å². The van der Waals surface area contributed by atoms with Gasteiger partial charge in [0.05, 0.1) is 23.7 Å². The number of aromatic nitrogens is 2. The number of carbonyl (C=O) groups excluding carboxylic acids is 2. The lowest BCUT2D eigenvalue weighted by molar-refractivity contribution is -0.134. The van der Waals surface area contributed by atoms with Crippen molar-refractivity contribution in [2.75, 3.05) is 13.1 Å². The molecule has 7 nitrogen and oxygen atoms in total. The van der Waals surface area contributed by atoms with E-state index in [9.17, 15) is 14.7 Å². The highest BCUT2D eigenvalue weighted by Gasteiger charge is 2.34. The van der Waals surface area contributed by atoms with Gasteiger partial charge in [-0.25, -0.2) is 0 Å². The van der Waals surface area contributed by atoms with Gasteiger partial charge in [-0.05, 0) is 31.7 Å². The third kappa shape index (κ3) is 3.31. The van der Waals surface area contributed by atoms with Crippen LogP contribution in [0.3, 0.4) is 0 Å². The number of nitrogens with one attached hydrogen (secondary N) is 2. The molecule has 1 saturated carbocycles. The first-order valence-electron chi connectivity index (χ1n) is 9.29. The van der Waals surface area contributed by atoms with E-state index in [-0.39, 0.29) is 29.9 Å². The molecular formula is C19H24N4O3. The normalized spacial score (nSPS) is 25.3. The van der Waals surface area contributed by atoms with Crippen molar-refractivity contribution in [3.63, 3.8) is 0 Å². The fourth-order valence-electron chi connectivity index (χ4n) is 3.94. The maximum absolute atomic E-state index is 12.8. The molecule has 2 fully saturated rings. The fraction of sp³-hybridized carbons (Fsp3) is 0.526. The van der Waals surface area contributed by atoms with Gasteiger partial charge in [0, 0.05) is 30.4 Å². The zero-order chi connectivity index (χ0) is 18.1. The fourth-order valence-corrected chi connectivity index (χ4v) is 3.94. The highest BCUT2D eigenvalue weighted by molar-refractivity contribution is 5.87. The molecule has 4 rings (SSSR count). The molecule has 2 heterocycles. The summed E-state index contributed by atoms with van der Waals surface area (Å²) in [5.74, 6) is -0.0173. The number of carbonyl (C=O) groups is 2. The van der Waals surface area contributed by atoms with Crippen molar-refractivity contribution >= 4 is 22.7 Å². The number of aromatic amines is 1. The Hall–Kier alpha value is -2.41. The molecule has 1 aromatic carbocycles. The van der Waals surface area contributed by atoms with E-state index < -0.39 is 0 Å². The van der Waals surface area contributed by atoms with Crippen molar-refractivity contribution in [3.8, 4) is 0 Å². The summed E-state index contributed by atoms with van der Waals surface area (Å²) < 4.78 is 0. The lowest BCUT2D eigenvalue weighted by Gasteiger charge is -2.31. The van der Waals surface area contributed by atoms with Gasteiger partial charge in [0.1, 0.15) is 0 Å². The quantitative estimate of drug-likeness (QED) is 0.744. The Morgan fingerprint density at radius 2 is 2.12 bits per heavy atom. The molecule has 1 saturated heterocycles. The number of nitrogens with zero attached hydrogens (tertiary/aromatic N) is 2. The van der Waals surface area contributed by atoms with E-state index in [0.29, 0.717) is 25.8 Å². The number of aliphatic hydroxyl groups is 1. The average Bonchev–Trinajstić information content (AvgIpc) is 3.24. The molecule has 0 bridgehead atoms. The van der Waals surface area contributed by atoms with E-state index in [1.807, 2.05) is 29.2 Å². The molecular weight excluding hydrogens is 332 g/mol. The van der Waals surface area contributed by atoms with Crippen LogP contribution in [0.15, 0.2) is 24.3 Å². The molecule has 1 aromatic heterocycles. The van der Waals surface area contributed by atoms with Crippen LogP contribution in [0.1, 0.15) is 31.4 Å². The van der Waals surface area contributed by atoms with Crippen LogP contribution in [0.4, 0.5) is 0 Å². The summed E-state index contributed by atoms with van der Waals surface area (Å²) in [4.78, 5) is 26.7. The van der Waals surface area contributed by atoms with Crippen molar-refractivity contribution in [3.05, 3.63) is 30.0 Å². The number of aliphatic hydroxyl groups excluding tert-OH is 1. The number of para-hydroxylation sites is 1. The molecule has 1 atom stereocenters. The van der Waals surface area contributed by atoms with Gasteiger partial charge in [-0.2, -0.15) is 5.10 Å². The highest BCUT2D eigenvalue weighted by atomic mass is 16.3. The maximum Gasteiger partial charge on any atom is 0.228 e. The molecule has 3 N–H and O–H groups in total. The number of likely N-dealkylation sites (tertiary alicyclic amines) is 1. The van der Waals surface area contributed by atoms with Gasteiger partial charge in [-0.15, -0.1) is 0 Å². The third-order valence-corrected chi connectivity index (χ3v) is 5.56. The SMILES string of the molecule is O=C(NCC1CCCN1C(=O)Cc1[nH]nc2ccccc12)C1CC(O)C1. The Balaban J connectivity index is 1.35. The summed E-state index contributed by atoms with van der Waals surface area (Å²) in [5.41, 5.74) is 1.70. The summed E-state index contributed by atoms with van der Waals surface area (Å²) in [7, 11) is 0. The zero-order valence-corrected chi connectivity index (χ0v) is 14.6. The molecule has 2 aromatic rings. The van der Waals surface area contributed by atoms with E-state index >= 15 is 0 Å². The molecule has 2 aliphatic rings. The average molecular weight is 356 g/mol. The first-order valence-corrected chi connectivity index (χ1v) is 9.29. The Kier molecular flexibility index (Phi) is 4.63. The van der Waals surface area contributed by atoms with Gasteiger partial charge in [0.15, 0.2) is 0 Å². The Labute approximate surface area is 151 Å². The number of hydrogen-bond acceptors (Lipinski definition) is 4. The standard InChI is InChI=1S/C19H24N4O3/c24-14-8-12(9-14)19(26)20-11-13-4-3-7-23(13)18(25)10-17-15-5-1-2-6-16(15)21-22-17/h1-2,5-6,12-14,24H,3-4,7-11H2,(H,20,26)(H,21,22). The molecule has 1 aliphatic heterocycles. The summed E-state index contributed by atoms with van der Waals surface area (Å²) >= 11 is 0. The Morgan fingerprint density at radius 1 is 1.31 bits per heavy atom. The van der Waals surface area contributed by atoms with Gasteiger partial charge in [0.2, 0.25) is 11.8 Å². The Morgan fingerprint density at radius 3 is 2.92 bits per heavy atom. The van der Waals surface area contributed by atoms with E-state index in [4.69, 9.17) is 0 Å². The van der Waals surface area contributed by atoms with Gasteiger partial charge in [0.25, 0.3) is 0 Å². The van der Waals surface area contributed by atoms with Gasteiger partial charge >= 0.3 is 0 Å². The number of hydrogen-bond donors (Lipinski definition) is 3. The number of benzene rings is 1. The molecule has 26 heavy (non-hydrogen) atoms. The number of H-pyrrole nitrogens is 1. The summed E-state index contributed by atoms with van der Waals surface area (Å²) in [6.07, 6.45) is 2.92. The van der Waals surface area contributed by atoms with Crippen molar-refractivity contribution in [2.24, 2.45) is 5.92 Å². The van der Waals surface area contributed by atoms with Crippen molar-refractivity contribution in [2.45, 2.75) is 44.2 Å². The lowest BCUT2D eigenvalue weighted by atomic mass is 9.82. The molecule has 1 aliphatic carbocycles. The predicted molar refractivity (Wildman–Crippen MR) is 96.3 cm³/mol. The first kappa shape index (κ1) is 17.0. The van der Waals surface area contributed by atoms with Crippen LogP contribution in [0.25, 0.3) is 10.9 Å². The van der Waals surface area contributed by atoms with Crippen molar-refractivity contribution in [1.29, 1.82) is 0 Å². The lowest BCUT2D eigenvalue weighted by Crippen LogP contribution is -2.47. The summed E-state index contributed by atoms with van der Waals surface area (Å²) in [6, 6.07) is 7.80. The van der Waals surface area contributed by atoms with Crippen LogP contribution in [0.2, 0.25) is 0 Å². The predicted octanol–water partition coefficient (Wildman–Crippen LogP) is 0.983. The minimum absolute atomic E-state index is 0.00541. The summed E-state index contributed by atoms with van der Waals surface area (Å²) in [6.45, 7) is 1.22. The molecule has 7 heteroatoms. The minimum atomic E-state index is -0.334. The van der Waals surface area contributed by atoms with Crippen LogP contribution < -0.4 is 5.32 Å². The smallest absolute Gasteiger partial charge is 0.228 e. The molecule has 2 amide bonds. The van der Waals surface area contributed by atoms with Crippen LogP contribution in [-0.2, 0) is 16.0 Å². The zero-order valence-electron chi connectivity index (χ0n) is 14.6. The Bertz CT molecular complexity index is 812. The van der Waals surface area contributed by atoms with Gasteiger partial charge in [-0.1, -0.05) is 18.2 Å². The maximum atomic E-state index is 12.8. The van der Waals surface area contributed by atoms with Crippen LogP contribution >= 0.6 is 0 Å². The van der Waals surface area contributed by atoms with Crippen molar-refractivity contribution in [1.82, 2.24) is 20.4 Å². The third-order valence-electron chi connectivity index (χ3n) is 5.56. The summed E-state index contributed by atoms with van der Waals surface area (Å²) in [5, 5.41) is 20.5. The van der Waals surface area contributed by atoms with E-state index in [1.165, 1.54) is 0 Å². The highest BCUT2D eigenvalue weighted by Crippen LogP contribution is 2.27. The second-order valence-corrected chi connectivity index (χ2v) is 7.35. The number of amides is 2. The molecule has 138 valence electrons. The van der Waals surface area contributed by atoms with Gasteiger partial charge in [-0.3, -0.25) is 14.7 Å². The molecule has 0 spiro atoms. The monoisotopic (exact) mass is 356 g/mol. The number of rotatable bonds is 5. The van der Waals surface area contributed by atoms with Gasteiger partial charge < -0.3 is 15.3 Å².